The van der Waals surface area contributed by atoms with E-state index in [2.05, 4.69) is 10.3 Å². The van der Waals surface area contributed by atoms with E-state index in [4.69, 9.17) is 14.2 Å². The van der Waals surface area contributed by atoms with E-state index >= 15 is 0 Å². The van der Waals surface area contributed by atoms with Crippen LogP contribution in [0.3, 0.4) is 0 Å². The Morgan fingerprint density at radius 1 is 0.861 bits per heavy atom. The van der Waals surface area contributed by atoms with Gasteiger partial charge in [0.05, 0.1) is 25.8 Å². The summed E-state index contributed by atoms with van der Waals surface area (Å²) < 4.78 is 15.7. The lowest BCUT2D eigenvalue weighted by Gasteiger charge is -2.20. The number of rotatable bonds is 9. The van der Waals surface area contributed by atoms with E-state index in [1.54, 1.807) is 26.5 Å². The topological polar surface area (TPSA) is 86.8 Å². The summed E-state index contributed by atoms with van der Waals surface area (Å²) >= 11 is 0. The van der Waals surface area contributed by atoms with E-state index in [1.165, 1.54) is 6.08 Å². The van der Waals surface area contributed by atoms with E-state index in [0.29, 0.717) is 11.5 Å². The number of nitrogens with one attached hydrogen (secondary N) is 1. The van der Waals surface area contributed by atoms with Crippen LogP contribution in [-0.4, -0.2) is 37.7 Å². The summed E-state index contributed by atoms with van der Waals surface area (Å²) in [5.74, 6) is 0.366. The number of hydrogen-bond donors (Lipinski definition) is 1. The lowest BCUT2D eigenvalue weighted by Crippen LogP contribution is -2.33. The maximum absolute atomic E-state index is 12.7. The van der Waals surface area contributed by atoms with Gasteiger partial charge >= 0.3 is 5.97 Å². The monoisotopic (exact) mass is 482 g/mol. The van der Waals surface area contributed by atoms with Gasteiger partial charge in [-0.05, 0) is 47.5 Å². The minimum atomic E-state index is -0.622. The van der Waals surface area contributed by atoms with Crippen LogP contribution < -0.4 is 14.8 Å². The first-order chi connectivity index (χ1) is 17.6. The molecule has 0 fully saturated rings. The van der Waals surface area contributed by atoms with Crippen LogP contribution in [0.2, 0.25) is 0 Å². The predicted octanol–water partition coefficient (Wildman–Crippen LogP) is 4.71. The highest BCUT2D eigenvalue weighted by Gasteiger charge is 2.18. The number of fused-ring (bicyclic) bond motifs is 1. The fourth-order valence-electron chi connectivity index (χ4n) is 3.76. The molecule has 0 radical (unpaired) electrons. The Morgan fingerprint density at radius 3 is 2.08 bits per heavy atom. The Kier molecular flexibility index (Phi) is 7.93. The number of aromatic nitrogens is 1. The van der Waals surface area contributed by atoms with Crippen LogP contribution in [0.1, 0.15) is 22.7 Å². The number of esters is 1. The molecule has 0 aliphatic carbocycles. The molecule has 1 heterocycles. The summed E-state index contributed by atoms with van der Waals surface area (Å²) in [4.78, 5) is 29.4. The Morgan fingerprint density at radius 2 is 1.47 bits per heavy atom. The zero-order chi connectivity index (χ0) is 25.3. The third-order valence-corrected chi connectivity index (χ3v) is 5.61. The number of benzene rings is 3. The molecule has 0 unspecified atom stereocenters. The number of carbonyl (C=O) groups excluding carboxylic acids is 2. The van der Waals surface area contributed by atoms with Crippen LogP contribution in [-0.2, 0) is 14.3 Å². The molecule has 4 rings (SSSR count). The Labute approximate surface area is 209 Å². The van der Waals surface area contributed by atoms with Crippen molar-refractivity contribution in [3.8, 4) is 11.5 Å². The standard InChI is InChI=1S/C29H26N2O5/c1-34-24-13-8-22(9-14-24)29(23-10-15-25(35-2)16-11-23)31-26(32)19-36-27(33)17-12-21-6-3-5-20-7-4-18-30-28(20)21/h3-18,29H,19H2,1-2H3,(H,31,32). The highest BCUT2D eigenvalue weighted by Crippen LogP contribution is 2.26. The molecular weight excluding hydrogens is 456 g/mol. The minimum absolute atomic E-state index is 0.417. The van der Waals surface area contributed by atoms with Crippen molar-refractivity contribution in [2.45, 2.75) is 6.04 Å². The molecule has 3 aromatic carbocycles. The molecule has 1 amide bonds. The van der Waals surface area contributed by atoms with Crippen LogP contribution in [0.25, 0.3) is 17.0 Å². The van der Waals surface area contributed by atoms with Gasteiger partial charge in [-0.3, -0.25) is 9.78 Å². The molecule has 1 N–H and O–H groups in total. The van der Waals surface area contributed by atoms with E-state index in [1.807, 2.05) is 78.9 Å². The van der Waals surface area contributed by atoms with Crippen molar-refractivity contribution in [1.29, 1.82) is 0 Å². The summed E-state index contributed by atoms with van der Waals surface area (Å²) in [5, 5.41) is 3.91. The van der Waals surface area contributed by atoms with Crippen molar-refractivity contribution in [3.63, 3.8) is 0 Å². The van der Waals surface area contributed by atoms with E-state index in [0.717, 1.165) is 27.6 Å². The Hall–Kier alpha value is -4.65. The minimum Gasteiger partial charge on any atom is -0.497 e. The van der Waals surface area contributed by atoms with Crippen LogP contribution in [0.15, 0.2) is 91.1 Å². The van der Waals surface area contributed by atoms with Crippen LogP contribution in [0.5, 0.6) is 11.5 Å². The molecule has 0 spiro atoms. The normalized spacial score (nSPS) is 11.0. The fraction of sp³-hybridized carbons (Fsp3) is 0.138. The predicted molar refractivity (Wildman–Crippen MR) is 138 cm³/mol. The molecule has 0 saturated carbocycles. The Balaban J connectivity index is 1.42. The zero-order valence-corrected chi connectivity index (χ0v) is 20.0. The number of amides is 1. The SMILES string of the molecule is COc1ccc(C(NC(=O)COC(=O)C=Cc2cccc3cccnc23)c2ccc(OC)cc2)cc1. The molecule has 0 atom stereocenters. The number of hydrogen-bond acceptors (Lipinski definition) is 6. The van der Waals surface area contributed by atoms with E-state index < -0.39 is 24.5 Å². The molecule has 36 heavy (non-hydrogen) atoms. The second-order valence-corrected chi connectivity index (χ2v) is 7.91. The van der Waals surface area contributed by atoms with Crippen molar-refractivity contribution >= 4 is 28.9 Å². The molecule has 7 heteroatoms. The number of methoxy groups -OCH3 is 2. The summed E-state index contributed by atoms with van der Waals surface area (Å²) in [6, 6.07) is 23.9. The van der Waals surface area contributed by atoms with Crippen molar-refractivity contribution in [1.82, 2.24) is 10.3 Å². The maximum atomic E-state index is 12.7. The molecule has 1 aromatic heterocycles. The highest BCUT2D eigenvalue weighted by molar-refractivity contribution is 5.93. The average molecular weight is 483 g/mol. The first-order valence-electron chi connectivity index (χ1n) is 11.3. The van der Waals surface area contributed by atoms with Crippen LogP contribution in [0, 0.1) is 0 Å². The van der Waals surface area contributed by atoms with Gasteiger partial charge in [0.2, 0.25) is 0 Å². The van der Waals surface area contributed by atoms with Gasteiger partial charge in [-0.1, -0.05) is 48.5 Å². The first kappa shape index (κ1) is 24.5. The van der Waals surface area contributed by atoms with Gasteiger partial charge in [-0.25, -0.2) is 4.79 Å². The quantitative estimate of drug-likeness (QED) is 0.275. The van der Waals surface area contributed by atoms with Crippen molar-refractivity contribution in [3.05, 3.63) is 108 Å². The third kappa shape index (κ3) is 6.07. The molecule has 4 aromatic rings. The summed E-state index contributed by atoms with van der Waals surface area (Å²) in [7, 11) is 3.19. The van der Waals surface area contributed by atoms with Crippen molar-refractivity contribution in [2.24, 2.45) is 0 Å². The zero-order valence-electron chi connectivity index (χ0n) is 20.0. The van der Waals surface area contributed by atoms with E-state index in [9.17, 15) is 9.59 Å². The smallest absolute Gasteiger partial charge is 0.331 e. The summed E-state index contributed by atoms with van der Waals surface area (Å²) in [6.07, 6.45) is 4.62. The Bertz CT molecular complexity index is 1310. The van der Waals surface area contributed by atoms with Gasteiger partial charge in [-0.15, -0.1) is 0 Å². The summed E-state index contributed by atoms with van der Waals surface area (Å²) in [6.45, 7) is -0.417. The second-order valence-electron chi connectivity index (χ2n) is 7.91. The second kappa shape index (κ2) is 11.7. The lowest BCUT2D eigenvalue weighted by atomic mass is 9.98. The number of ether oxygens (including phenoxy) is 3. The largest absolute Gasteiger partial charge is 0.497 e. The maximum Gasteiger partial charge on any atom is 0.331 e. The molecular formula is C29H26N2O5. The molecule has 0 saturated heterocycles. The van der Waals surface area contributed by atoms with Crippen molar-refractivity contribution < 1.29 is 23.8 Å². The lowest BCUT2D eigenvalue weighted by molar-refractivity contribution is -0.143. The summed E-state index contributed by atoms with van der Waals surface area (Å²) in [5.41, 5.74) is 3.27. The number of nitrogens with zero attached hydrogens (tertiary/aromatic N) is 1. The van der Waals surface area contributed by atoms with E-state index in [-0.39, 0.29) is 0 Å². The molecule has 7 nitrogen and oxygen atoms in total. The molecule has 182 valence electrons. The number of carbonyl (C=O) groups is 2. The third-order valence-electron chi connectivity index (χ3n) is 5.61. The number of para-hydroxylation sites is 1. The van der Waals surface area contributed by atoms with Crippen LogP contribution in [0.4, 0.5) is 0 Å². The van der Waals surface area contributed by atoms with Gasteiger partial charge in [0.25, 0.3) is 5.91 Å². The average Bonchev–Trinajstić information content (AvgIpc) is 2.94. The van der Waals surface area contributed by atoms with Gasteiger partial charge < -0.3 is 19.5 Å². The highest BCUT2D eigenvalue weighted by atomic mass is 16.5. The van der Waals surface area contributed by atoms with Gasteiger partial charge in [0, 0.05) is 23.2 Å². The molecule has 0 aliphatic heterocycles. The molecule has 0 bridgehead atoms. The van der Waals surface area contributed by atoms with Crippen molar-refractivity contribution in [2.75, 3.05) is 20.8 Å². The van der Waals surface area contributed by atoms with Gasteiger partial charge in [0.15, 0.2) is 6.61 Å². The van der Waals surface area contributed by atoms with Gasteiger partial charge in [-0.2, -0.15) is 0 Å². The fourth-order valence-corrected chi connectivity index (χ4v) is 3.76. The molecule has 0 aliphatic rings. The number of pyridine rings is 1. The van der Waals surface area contributed by atoms with Crippen LogP contribution >= 0.6 is 0 Å². The first-order valence-corrected chi connectivity index (χ1v) is 11.3. The van der Waals surface area contributed by atoms with Gasteiger partial charge in [0.1, 0.15) is 11.5 Å².